The van der Waals surface area contributed by atoms with Crippen LogP contribution in [0.15, 0.2) is 0 Å². The number of esters is 3. The lowest BCUT2D eigenvalue weighted by atomic mass is 10.1. The fraction of sp³-hybridized carbons (Fsp3) is 0.850. The van der Waals surface area contributed by atoms with Crippen LogP contribution in [0.2, 0.25) is 0 Å². The van der Waals surface area contributed by atoms with Gasteiger partial charge in [-0.05, 0) is 75.3 Å². The highest BCUT2D eigenvalue weighted by Gasteiger charge is 2.34. The highest BCUT2D eigenvalue weighted by Crippen LogP contribution is 2.16. The summed E-state index contributed by atoms with van der Waals surface area (Å²) in [4.78, 5) is 38.8. The monoisotopic (exact) mass is 402 g/mol. The Kier molecular flexibility index (Phi) is 9.60. The van der Waals surface area contributed by atoms with E-state index < -0.39 is 40.8 Å². The first kappa shape index (κ1) is 26.3. The van der Waals surface area contributed by atoms with E-state index in [4.69, 9.17) is 19.9 Å². The quantitative estimate of drug-likeness (QED) is 0.485. The molecule has 0 aliphatic heterocycles. The molecule has 28 heavy (non-hydrogen) atoms. The molecule has 0 rings (SSSR count). The van der Waals surface area contributed by atoms with Gasteiger partial charge < -0.3 is 19.9 Å². The van der Waals surface area contributed by atoms with Crippen molar-refractivity contribution in [1.29, 1.82) is 0 Å². The van der Waals surface area contributed by atoms with Crippen LogP contribution in [0, 0.1) is 0 Å². The first-order chi connectivity index (χ1) is 12.4. The first-order valence-corrected chi connectivity index (χ1v) is 9.54. The number of hydrogen-bond acceptors (Lipinski definition) is 8. The van der Waals surface area contributed by atoms with E-state index in [9.17, 15) is 14.4 Å². The number of carbonyl (C=O) groups excluding carboxylic acids is 3. The van der Waals surface area contributed by atoms with Crippen molar-refractivity contribution in [1.82, 2.24) is 4.90 Å². The van der Waals surface area contributed by atoms with Gasteiger partial charge in [-0.15, -0.1) is 0 Å². The number of nitrogens with two attached hydrogens (primary N) is 1. The molecule has 0 amide bonds. The van der Waals surface area contributed by atoms with Gasteiger partial charge in [-0.3, -0.25) is 19.3 Å². The zero-order valence-corrected chi connectivity index (χ0v) is 18.9. The Hall–Kier alpha value is -1.67. The smallest absolute Gasteiger partial charge is 0.323 e. The van der Waals surface area contributed by atoms with Crippen molar-refractivity contribution in [3.63, 3.8) is 0 Å². The second-order valence-electron chi connectivity index (χ2n) is 9.70. The Balaban J connectivity index is 5.57. The molecule has 0 aliphatic carbocycles. The third kappa shape index (κ3) is 12.7. The molecule has 0 unspecified atom stereocenters. The van der Waals surface area contributed by atoms with Crippen molar-refractivity contribution >= 4 is 17.9 Å². The molecular formula is C20H38N2O6. The number of rotatable bonds is 8. The molecule has 0 aliphatic rings. The van der Waals surface area contributed by atoms with Gasteiger partial charge in [-0.2, -0.15) is 0 Å². The van der Waals surface area contributed by atoms with E-state index in [1.165, 1.54) is 4.90 Å². The Bertz CT molecular complexity index is 510. The molecule has 0 saturated heterocycles. The normalized spacial score (nSPS) is 13.8. The molecule has 1 atom stereocenters. The van der Waals surface area contributed by atoms with E-state index in [0.717, 1.165) is 0 Å². The van der Waals surface area contributed by atoms with Gasteiger partial charge in [0.15, 0.2) is 0 Å². The Morgan fingerprint density at radius 3 is 1.39 bits per heavy atom. The number of carbonyl (C=O) groups is 3. The summed E-state index contributed by atoms with van der Waals surface area (Å²) >= 11 is 0. The maximum Gasteiger partial charge on any atom is 0.323 e. The fourth-order valence-corrected chi connectivity index (χ4v) is 2.33. The lowest BCUT2D eigenvalue weighted by molar-refractivity contribution is -0.168. The van der Waals surface area contributed by atoms with E-state index in [1.54, 1.807) is 62.3 Å². The largest absolute Gasteiger partial charge is 0.459 e. The molecule has 0 aromatic heterocycles. The highest BCUT2D eigenvalue weighted by molar-refractivity contribution is 5.80. The molecule has 0 aromatic carbocycles. The molecular weight excluding hydrogens is 364 g/mol. The van der Waals surface area contributed by atoms with Crippen LogP contribution in [-0.4, -0.2) is 65.3 Å². The van der Waals surface area contributed by atoms with Crippen LogP contribution in [0.3, 0.4) is 0 Å². The van der Waals surface area contributed by atoms with Crippen molar-refractivity contribution in [3.05, 3.63) is 0 Å². The van der Waals surface area contributed by atoms with Crippen molar-refractivity contribution in [2.24, 2.45) is 5.73 Å². The number of ether oxygens (including phenoxy) is 3. The molecule has 2 N–H and O–H groups in total. The summed E-state index contributed by atoms with van der Waals surface area (Å²) < 4.78 is 16.1. The zero-order valence-electron chi connectivity index (χ0n) is 18.9. The topological polar surface area (TPSA) is 108 Å². The second-order valence-corrected chi connectivity index (χ2v) is 9.70. The Labute approximate surface area is 169 Å². The SMILES string of the molecule is CC(C)(C)OC(=O)CN(CC(=O)OC(C)(C)C)[C@@H](CCN)C(=O)OC(C)(C)C. The minimum atomic E-state index is -0.871. The summed E-state index contributed by atoms with van der Waals surface area (Å²) in [7, 11) is 0. The maximum atomic E-state index is 12.7. The van der Waals surface area contributed by atoms with Gasteiger partial charge in [0, 0.05) is 0 Å². The van der Waals surface area contributed by atoms with Crippen molar-refractivity contribution in [2.45, 2.75) is 91.6 Å². The summed E-state index contributed by atoms with van der Waals surface area (Å²) in [6.45, 7) is 15.4. The average molecular weight is 403 g/mol. The maximum absolute atomic E-state index is 12.7. The number of hydrogen-bond donors (Lipinski definition) is 1. The van der Waals surface area contributed by atoms with Crippen LogP contribution in [-0.2, 0) is 28.6 Å². The molecule has 8 nitrogen and oxygen atoms in total. The predicted molar refractivity (Wildman–Crippen MR) is 107 cm³/mol. The molecule has 0 heterocycles. The third-order valence-corrected chi connectivity index (χ3v) is 3.06. The third-order valence-electron chi connectivity index (χ3n) is 3.06. The molecule has 0 bridgehead atoms. The second kappa shape index (κ2) is 10.2. The average Bonchev–Trinajstić information content (AvgIpc) is 2.37. The molecule has 0 saturated carbocycles. The summed E-state index contributed by atoms with van der Waals surface area (Å²) in [5.41, 5.74) is 3.57. The van der Waals surface area contributed by atoms with E-state index >= 15 is 0 Å². The van der Waals surface area contributed by atoms with E-state index in [1.807, 2.05) is 0 Å². The summed E-state index contributed by atoms with van der Waals surface area (Å²) in [5, 5.41) is 0. The number of nitrogens with zero attached hydrogens (tertiary/aromatic N) is 1. The summed E-state index contributed by atoms with van der Waals surface area (Å²) in [6.07, 6.45) is 0.223. The van der Waals surface area contributed by atoms with Crippen LogP contribution < -0.4 is 5.73 Å². The predicted octanol–water partition coefficient (Wildman–Crippen LogP) is 2.03. The lowest BCUT2D eigenvalue weighted by Gasteiger charge is -2.32. The summed E-state index contributed by atoms with van der Waals surface area (Å²) in [5.74, 6) is -1.66. The Morgan fingerprint density at radius 1 is 0.750 bits per heavy atom. The minimum Gasteiger partial charge on any atom is -0.459 e. The van der Waals surface area contributed by atoms with E-state index in [0.29, 0.717) is 0 Å². The molecule has 0 aromatic rings. The van der Waals surface area contributed by atoms with Crippen LogP contribution in [0.4, 0.5) is 0 Å². The van der Waals surface area contributed by atoms with Crippen molar-refractivity contribution in [2.75, 3.05) is 19.6 Å². The molecule has 164 valence electrons. The van der Waals surface area contributed by atoms with Crippen LogP contribution in [0.25, 0.3) is 0 Å². The Morgan fingerprint density at radius 2 is 1.11 bits per heavy atom. The molecule has 0 spiro atoms. The molecule has 0 fully saturated rings. The van der Waals surface area contributed by atoms with Gasteiger partial charge >= 0.3 is 17.9 Å². The van der Waals surface area contributed by atoms with Crippen LogP contribution >= 0.6 is 0 Å². The van der Waals surface area contributed by atoms with Crippen molar-refractivity contribution in [3.8, 4) is 0 Å². The van der Waals surface area contributed by atoms with Gasteiger partial charge in [0.05, 0.1) is 13.1 Å². The van der Waals surface area contributed by atoms with Gasteiger partial charge in [-0.1, -0.05) is 0 Å². The minimum absolute atomic E-state index is 0.184. The fourth-order valence-electron chi connectivity index (χ4n) is 2.33. The summed E-state index contributed by atoms with van der Waals surface area (Å²) in [6, 6.07) is -0.871. The van der Waals surface area contributed by atoms with Gasteiger partial charge in [0.1, 0.15) is 22.8 Å². The molecule has 8 heteroatoms. The molecule has 0 radical (unpaired) electrons. The van der Waals surface area contributed by atoms with Gasteiger partial charge in [-0.25, -0.2) is 0 Å². The van der Waals surface area contributed by atoms with Crippen LogP contribution in [0.1, 0.15) is 68.7 Å². The van der Waals surface area contributed by atoms with Gasteiger partial charge in [0.2, 0.25) is 0 Å². The van der Waals surface area contributed by atoms with Crippen molar-refractivity contribution < 1.29 is 28.6 Å². The standard InChI is InChI=1S/C20H38N2O6/c1-18(2,3)26-15(23)12-22(13-16(24)27-19(4,5)6)14(10-11-21)17(25)28-20(7,8)9/h14H,10-13,21H2,1-9H3/t14-/m0/s1. The van der Waals surface area contributed by atoms with Crippen LogP contribution in [0.5, 0.6) is 0 Å². The lowest BCUT2D eigenvalue weighted by Crippen LogP contribution is -2.50. The van der Waals surface area contributed by atoms with E-state index in [-0.39, 0.29) is 26.1 Å². The first-order valence-electron chi connectivity index (χ1n) is 9.54. The highest BCUT2D eigenvalue weighted by atomic mass is 16.6. The zero-order chi connectivity index (χ0) is 22.3. The van der Waals surface area contributed by atoms with E-state index in [2.05, 4.69) is 0 Å². The van der Waals surface area contributed by atoms with Gasteiger partial charge in [0.25, 0.3) is 0 Å².